The number of pyridine rings is 1. The van der Waals surface area contributed by atoms with Crippen molar-refractivity contribution in [2.45, 2.75) is 39.2 Å². The third-order valence-corrected chi connectivity index (χ3v) is 2.34. The maximum atomic E-state index is 4.39. The van der Waals surface area contributed by atoms with Gasteiger partial charge in [-0.3, -0.25) is 4.98 Å². The van der Waals surface area contributed by atoms with E-state index in [0.29, 0.717) is 6.04 Å². The van der Waals surface area contributed by atoms with Crippen LogP contribution in [0.5, 0.6) is 0 Å². The van der Waals surface area contributed by atoms with Gasteiger partial charge >= 0.3 is 0 Å². The van der Waals surface area contributed by atoms with Crippen LogP contribution in [0, 0.1) is 0 Å². The highest BCUT2D eigenvalue weighted by molar-refractivity contribution is 5.08. The summed E-state index contributed by atoms with van der Waals surface area (Å²) in [4.78, 5) is 4.39. The molecule has 1 N–H and O–H groups in total. The zero-order chi connectivity index (χ0) is 10.2. The number of nitrogens with zero attached hydrogens (tertiary/aromatic N) is 1. The summed E-state index contributed by atoms with van der Waals surface area (Å²) in [5.41, 5.74) is 1.17. The zero-order valence-corrected chi connectivity index (χ0v) is 9.16. The maximum Gasteiger partial charge on any atom is 0.0573 e. The first kappa shape index (κ1) is 11.2. The molecule has 0 aliphatic heterocycles. The van der Waals surface area contributed by atoms with Gasteiger partial charge in [0.25, 0.3) is 0 Å². The SMILES string of the molecule is CCCCC(NCC)c1ccccn1. The summed E-state index contributed by atoms with van der Waals surface area (Å²) >= 11 is 0. The van der Waals surface area contributed by atoms with Crippen LogP contribution in [0.1, 0.15) is 44.8 Å². The van der Waals surface area contributed by atoms with E-state index in [4.69, 9.17) is 0 Å². The van der Waals surface area contributed by atoms with Gasteiger partial charge in [0.05, 0.1) is 5.69 Å². The van der Waals surface area contributed by atoms with Crippen molar-refractivity contribution in [1.82, 2.24) is 10.3 Å². The fraction of sp³-hybridized carbons (Fsp3) is 0.583. The quantitative estimate of drug-likeness (QED) is 0.749. The second-order valence-electron chi connectivity index (χ2n) is 3.51. The lowest BCUT2D eigenvalue weighted by atomic mass is 10.1. The van der Waals surface area contributed by atoms with E-state index in [2.05, 4.69) is 36.3 Å². The van der Waals surface area contributed by atoms with Crippen LogP contribution in [0.2, 0.25) is 0 Å². The van der Waals surface area contributed by atoms with Gasteiger partial charge in [-0.25, -0.2) is 0 Å². The number of hydrogen-bond donors (Lipinski definition) is 1. The molecule has 0 aliphatic rings. The van der Waals surface area contributed by atoms with Gasteiger partial charge in [0.15, 0.2) is 0 Å². The van der Waals surface area contributed by atoms with Crippen LogP contribution in [0.4, 0.5) is 0 Å². The number of rotatable bonds is 6. The molecule has 0 spiro atoms. The van der Waals surface area contributed by atoms with E-state index >= 15 is 0 Å². The van der Waals surface area contributed by atoms with Gasteiger partial charge in [0, 0.05) is 12.2 Å². The lowest BCUT2D eigenvalue weighted by molar-refractivity contribution is 0.484. The highest BCUT2D eigenvalue weighted by atomic mass is 14.9. The molecule has 0 saturated carbocycles. The molecule has 0 amide bonds. The Morgan fingerprint density at radius 3 is 2.79 bits per heavy atom. The van der Waals surface area contributed by atoms with Gasteiger partial charge in [-0.05, 0) is 25.1 Å². The van der Waals surface area contributed by atoms with Crippen molar-refractivity contribution < 1.29 is 0 Å². The molecular formula is C12H20N2. The average molecular weight is 192 g/mol. The normalized spacial score (nSPS) is 12.7. The lowest BCUT2D eigenvalue weighted by Gasteiger charge is -2.16. The first-order chi connectivity index (χ1) is 6.88. The van der Waals surface area contributed by atoms with Crippen LogP contribution in [0.3, 0.4) is 0 Å². The number of aromatic nitrogens is 1. The van der Waals surface area contributed by atoms with Crippen molar-refractivity contribution in [2.24, 2.45) is 0 Å². The Hall–Kier alpha value is -0.890. The maximum absolute atomic E-state index is 4.39. The van der Waals surface area contributed by atoms with Crippen LogP contribution in [-0.4, -0.2) is 11.5 Å². The highest BCUT2D eigenvalue weighted by Gasteiger charge is 2.09. The summed E-state index contributed by atoms with van der Waals surface area (Å²) < 4.78 is 0. The summed E-state index contributed by atoms with van der Waals surface area (Å²) in [6.45, 7) is 5.37. The predicted molar refractivity (Wildman–Crippen MR) is 60.2 cm³/mol. The Kier molecular flexibility index (Phi) is 5.23. The fourth-order valence-electron chi connectivity index (χ4n) is 1.59. The Bertz CT molecular complexity index is 233. The van der Waals surface area contributed by atoms with Crippen molar-refractivity contribution in [3.8, 4) is 0 Å². The number of hydrogen-bond acceptors (Lipinski definition) is 2. The zero-order valence-electron chi connectivity index (χ0n) is 9.16. The molecule has 1 aromatic rings. The van der Waals surface area contributed by atoms with Gasteiger partial charge in [-0.2, -0.15) is 0 Å². The minimum atomic E-state index is 0.432. The topological polar surface area (TPSA) is 24.9 Å². The Labute approximate surface area is 86.8 Å². The van der Waals surface area contributed by atoms with Crippen LogP contribution >= 0.6 is 0 Å². The lowest BCUT2D eigenvalue weighted by Crippen LogP contribution is -2.21. The predicted octanol–water partition coefficient (Wildman–Crippen LogP) is 2.92. The monoisotopic (exact) mass is 192 g/mol. The molecule has 0 aliphatic carbocycles. The highest BCUT2D eigenvalue weighted by Crippen LogP contribution is 2.16. The molecule has 0 bridgehead atoms. The van der Waals surface area contributed by atoms with Crippen molar-refractivity contribution in [2.75, 3.05) is 6.54 Å². The molecule has 1 heterocycles. The molecule has 1 rings (SSSR count). The van der Waals surface area contributed by atoms with Crippen molar-refractivity contribution >= 4 is 0 Å². The Morgan fingerprint density at radius 1 is 1.36 bits per heavy atom. The third-order valence-electron chi connectivity index (χ3n) is 2.34. The van der Waals surface area contributed by atoms with E-state index < -0.39 is 0 Å². The second-order valence-corrected chi connectivity index (χ2v) is 3.51. The smallest absolute Gasteiger partial charge is 0.0573 e. The molecular weight excluding hydrogens is 172 g/mol. The molecule has 2 nitrogen and oxygen atoms in total. The molecule has 1 unspecified atom stereocenters. The van der Waals surface area contributed by atoms with Crippen molar-refractivity contribution in [3.63, 3.8) is 0 Å². The Morgan fingerprint density at radius 2 is 2.21 bits per heavy atom. The molecule has 14 heavy (non-hydrogen) atoms. The number of unbranched alkanes of at least 4 members (excludes halogenated alkanes) is 1. The molecule has 0 aromatic carbocycles. The van der Waals surface area contributed by atoms with E-state index in [-0.39, 0.29) is 0 Å². The molecule has 0 saturated heterocycles. The van der Waals surface area contributed by atoms with Crippen LogP contribution < -0.4 is 5.32 Å². The average Bonchev–Trinajstić information content (AvgIpc) is 2.25. The first-order valence-electron chi connectivity index (χ1n) is 5.52. The first-order valence-corrected chi connectivity index (χ1v) is 5.52. The minimum absolute atomic E-state index is 0.432. The van der Waals surface area contributed by atoms with Gasteiger partial charge in [-0.15, -0.1) is 0 Å². The summed E-state index contributed by atoms with van der Waals surface area (Å²) in [7, 11) is 0. The van der Waals surface area contributed by atoms with E-state index in [1.54, 1.807) is 0 Å². The molecule has 1 atom stereocenters. The molecule has 0 fully saturated rings. The van der Waals surface area contributed by atoms with Crippen molar-refractivity contribution in [3.05, 3.63) is 30.1 Å². The van der Waals surface area contributed by atoms with E-state index in [1.165, 1.54) is 25.0 Å². The second kappa shape index (κ2) is 6.55. The fourth-order valence-corrected chi connectivity index (χ4v) is 1.59. The van der Waals surface area contributed by atoms with E-state index in [9.17, 15) is 0 Å². The summed E-state index contributed by atoms with van der Waals surface area (Å²) in [5.74, 6) is 0. The molecule has 78 valence electrons. The van der Waals surface area contributed by atoms with Crippen LogP contribution in [0.15, 0.2) is 24.4 Å². The summed E-state index contributed by atoms with van der Waals surface area (Å²) in [5, 5.41) is 3.47. The molecule has 1 aromatic heterocycles. The molecule has 2 heteroatoms. The minimum Gasteiger partial charge on any atom is -0.309 e. The van der Waals surface area contributed by atoms with Crippen LogP contribution in [-0.2, 0) is 0 Å². The van der Waals surface area contributed by atoms with E-state index in [0.717, 1.165) is 6.54 Å². The van der Waals surface area contributed by atoms with Gasteiger partial charge in [-0.1, -0.05) is 32.8 Å². The van der Waals surface area contributed by atoms with Crippen molar-refractivity contribution in [1.29, 1.82) is 0 Å². The largest absolute Gasteiger partial charge is 0.309 e. The van der Waals surface area contributed by atoms with Crippen LogP contribution in [0.25, 0.3) is 0 Å². The summed E-state index contributed by atoms with van der Waals surface area (Å²) in [6, 6.07) is 6.55. The van der Waals surface area contributed by atoms with E-state index in [1.807, 2.05) is 12.3 Å². The third kappa shape index (κ3) is 3.46. The standard InChI is InChI=1S/C12H20N2/c1-3-5-8-11(13-4-2)12-9-6-7-10-14-12/h6-7,9-11,13H,3-5,8H2,1-2H3. The number of nitrogens with one attached hydrogen (secondary N) is 1. The van der Waals surface area contributed by atoms with Gasteiger partial charge in [0.1, 0.15) is 0 Å². The van der Waals surface area contributed by atoms with Gasteiger partial charge < -0.3 is 5.32 Å². The van der Waals surface area contributed by atoms with Gasteiger partial charge in [0.2, 0.25) is 0 Å². The summed E-state index contributed by atoms with van der Waals surface area (Å²) in [6.07, 6.45) is 5.55. The Balaban J connectivity index is 2.58. The molecule has 0 radical (unpaired) electrons.